The van der Waals surface area contributed by atoms with Gasteiger partial charge >= 0.3 is 0 Å². The Morgan fingerprint density at radius 2 is 1.95 bits per heavy atom. The van der Waals surface area contributed by atoms with Crippen LogP contribution in [-0.4, -0.2) is 18.5 Å². The summed E-state index contributed by atoms with van der Waals surface area (Å²) in [4.78, 5) is 11.9. The van der Waals surface area contributed by atoms with Crippen molar-refractivity contribution in [2.24, 2.45) is 0 Å². The molecular formula is C16H24N2O. The van der Waals surface area contributed by atoms with Gasteiger partial charge in [-0.05, 0) is 43.9 Å². The second kappa shape index (κ2) is 6.60. The monoisotopic (exact) mass is 260 g/mol. The lowest BCUT2D eigenvalue weighted by Crippen LogP contribution is -2.39. The second-order valence-corrected chi connectivity index (χ2v) is 5.57. The maximum absolute atomic E-state index is 11.9. The molecule has 0 atom stereocenters. The fraction of sp³-hybridized carbons (Fsp3) is 0.562. The second-order valence-electron chi connectivity index (χ2n) is 5.57. The van der Waals surface area contributed by atoms with Crippen molar-refractivity contribution in [2.45, 2.75) is 52.0 Å². The summed E-state index contributed by atoms with van der Waals surface area (Å²) in [6.07, 6.45) is 6.07. The lowest BCUT2D eigenvalue weighted by Gasteiger charge is -2.23. The first-order valence-electron chi connectivity index (χ1n) is 7.25. The molecule has 2 N–H and O–H groups in total. The zero-order valence-corrected chi connectivity index (χ0v) is 12.0. The van der Waals surface area contributed by atoms with Gasteiger partial charge in [0.15, 0.2) is 0 Å². The van der Waals surface area contributed by atoms with E-state index in [1.807, 2.05) is 0 Å². The van der Waals surface area contributed by atoms with Gasteiger partial charge in [0.2, 0.25) is 5.91 Å². The summed E-state index contributed by atoms with van der Waals surface area (Å²) in [5.74, 6) is 0.104. The molecule has 0 saturated heterocycles. The molecule has 3 nitrogen and oxygen atoms in total. The first-order chi connectivity index (χ1) is 9.15. The summed E-state index contributed by atoms with van der Waals surface area (Å²) in [5, 5.41) is 6.35. The van der Waals surface area contributed by atoms with Crippen molar-refractivity contribution in [3.63, 3.8) is 0 Å². The summed E-state index contributed by atoms with van der Waals surface area (Å²) in [5.41, 5.74) is 3.44. The standard InChI is InChI=1S/C16H24N2O/c1-12-8-9-13(2)15(10-12)17-11-16(19)18-14-6-4-3-5-7-14/h8-10,14,17H,3-7,11H2,1-2H3,(H,18,19). The summed E-state index contributed by atoms with van der Waals surface area (Å²) in [7, 11) is 0. The number of carbonyl (C=O) groups is 1. The Kier molecular flexibility index (Phi) is 4.83. The number of nitrogens with one attached hydrogen (secondary N) is 2. The van der Waals surface area contributed by atoms with Gasteiger partial charge in [0.05, 0.1) is 6.54 Å². The van der Waals surface area contributed by atoms with E-state index in [0.29, 0.717) is 12.6 Å². The average molecular weight is 260 g/mol. The molecule has 0 heterocycles. The molecule has 0 spiro atoms. The molecule has 104 valence electrons. The van der Waals surface area contributed by atoms with Crippen molar-refractivity contribution < 1.29 is 4.79 Å². The molecule has 0 radical (unpaired) electrons. The van der Waals surface area contributed by atoms with Crippen molar-refractivity contribution in [1.82, 2.24) is 5.32 Å². The van der Waals surface area contributed by atoms with E-state index in [-0.39, 0.29) is 5.91 Å². The van der Waals surface area contributed by atoms with Crippen LogP contribution in [0.5, 0.6) is 0 Å². The van der Waals surface area contributed by atoms with Crippen molar-refractivity contribution in [2.75, 3.05) is 11.9 Å². The Morgan fingerprint density at radius 3 is 2.68 bits per heavy atom. The number of anilines is 1. The molecule has 1 aromatic rings. The minimum absolute atomic E-state index is 0.104. The van der Waals surface area contributed by atoms with Crippen molar-refractivity contribution >= 4 is 11.6 Å². The number of rotatable bonds is 4. The van der Waals surface area contributed by atoms with E-state index < -0.39 is 0 Å². The molecule has 19 heavy (non-hydrogen) atoms. The number of aryl methyl sites for hydroxylation is 2. The van der Waals surface area contributed by atoms with Gasteiger partial charge < -0.3 is 10.6 Å². The SMILES string of the molecule is Cc1ccc(C)c(NCC(=O)NC2CCCCC2)c1. The third kappa shape index (κ3) is 4.27. The van der Waals surface area contributed by atoms with Gasteiger partial charge in [-0.15, -0.1) is 0 Å². The fourth-order valence-corrected chi connectivity index (χ4v) is 2.63. The highest BCUT2D eigenvalue weighted by molar-refractivity contribution is 5.81. The number of hydrogen-bond acceptors (Lipinski definition) is 2. The van der Waals surface area contributed by atoms with Crippen LogP contribution in [-0.2, 0) is 4.79 Å². The summed E-state index contributed by atoms with van der Waals surface area (Å²) >= 11 is 0. The van der Waals surface area contributed by atoms with Crippen molar-refractivity contribution in [3.8, 4) is 0 Å². The number of carbonyl (C=O) groups excluding carboxylic acids is 1. The molecule has 1 aromatic carbocycles. The molecule has 0 bridgehead atoms. The van der Waals surface area contributed by atoms with Crippen LogP contribution in [0.25, 0.3) is 0 Å². The Labute approximate surface area is 115 Å². The van der Waals surface area contributed by atoms with E-state index in [4.69, 9.17) is 0 Å². The zero-order valence-electron chi connectivity index (χ0n) is 12.0. The molecule has 1 aliphatic rings. The summed E-state index contributed by atoms with van der Waals surface area (Å²) in [6.45, 7) is 4.48. The summed E-state index contributed by atoms with van der Waals surface area (Å²) < 4.78 is 0. The maximum Gasteiger partial charge on any atom is 0.239 e. The molecule has 1 aliphatic carbocycles. The molecule has 0 aliphatic heterocycles. The normalized spacial score (nSPS) is 16.1. The Hall–Kier alpha value is -1.51. The zero-order chi connectivity index (χ0) is 13.7. The molecule has 0 aromatic heterocycles. The molecule has 0 unspecified atom stereocenters. The van der Waals surface area contributed by atoms with Gasteiger partial charge in [0, 0.05) is 11.7 Å². The van der Waals surface area contributed by atoms with Crippen LogP contribution >= 0.6 is 0 Å². The van der Waals surface area contributed by atoms with Gasteiger partial charge in [-0.3, -0.25) is 4.79 Å². The van der Waals surface area contributed by atoms with Crippen LogP contribution < -0.4 is 10.6 Å². The number of hydrogen-bond donors (Lipinski definition) is 2. The van der Waals surface area contributed by atoms with E-state index >= 15 is 0 Å². The molecule has 1 amide bonds. The van der Waals surface area contributed by atoms with E-state index in [1.165, 1.54) is 30.4 Å². The van der Waals surface area contributed by atoms with Crippen LogP contribution in [0.15, 0.2) is 18.2 Å². The predicted molar refractivity (Wildman–Crippen MR) is 79.4 cm³/mol. The topological polar surface area (TPSA) is 41.1 Å². The minimum atomic E-state index is 0.104. The van der Waals surface area contributed by atoms with E-state index in [1.54, 1.807) is 0 Å². The van der Waals surface area contributed by atoms with Gasteiger partial charge in [-0.25, -0.2) is 0 Å². The maximum atomic E-state index is 11.9. The lowest BCUT2D eigenvalue weighted by molar-refractivity contribution is -0.120. The third-order valence-electron chi connectivity index (χ3n) is 3.80. The van der Waals surface area contributed by atoms with E-state index in [9.17, 15) is 4.79 Å². The Balaban J connectivity index is 1.81. The number of amides is 1. The Morgan fingerprint density at radius 1 is 1.21 bits per heavy atom. The minimum Gasteiger partial charge on any atom is -0.376 e. The van der Waals surface area contributed by atoms with Crippen LogP contribution in [0.1, 0.15) is 43.2 Å². The average Bonchev–Trinajstić information content (AvgIpc) is 2.41. The quantitative estimate of drug-likeness (QED) is 0.873. The lowest BCUT2D eigenvalue weighted by atomic mass is 9.95. The molecule has 2 rings (SSSR count). The first-order valence-corrected chi connectivity index (χ1v) is 7.25. The van der Waals surface area contributed by atoms with E-state index in [2.05, 4.69) is 42.7 Å². The predicted octanol–water partition coefficient (Wildman–Crippen LogP) is 3.16. The van der Waals surface area contributed by atoms with Crippen molar-refractivity contribution in [3.05, 3.63) is 29.3 Å². The van der Waals surface area contributed by atoms with Crippen molar-refractivity contribution in [1.29, 1.82) is 0 Å². The molecule has 3 heteroatoms. The largest absolute Gasteiger partial charge is 0.376 e. The van der Waals surface area contributed by atoms with Crippen LogP contribution in [0.3, 0.4) is 0 Å². The first kappa shape index (κ1) is 13.9. The third-order valence-corrected chi connectivity index (χ3v) is 3.80. The van der Waals surface area contributed by atoms with E-state index in [0.717, 1.165) is 18.5 Å². The van der Waals surface area contributed by atoms with Gasteiger partial charge in [-0.2, -0.15) is 0 Å². The fourth-order valence-electron chi connectivity index (χ4n) is 2.63. The van der Waals surface area contributed by atoms with Gasteiger partial charge in [0.25, 0.3) is 0 Å². The molecular weight excluding hydrogens is 236 g/mol. The highest BCUT2D eigenvalue weighted by atomic mass is 16.1. The molecule has 1 fully saturated rings. The van der Waals surface area contributed by atoms with Crippen LogP contribution in [0.2, 0.25) is 0 Å². The highest BCUT2D eigenvalue weighted by Crippen LogP contribution is 2.18. The van der Waals surface area contributed by atoms with Crippen LogP contribution in [0, 0.1) is 13.8 Å². The van der Waals surface area contributed by atoms with Gasteiger partial charge in [0.1, 0.15) is 0 Å². The molecule has 1 saturated carbocycles. The van der Waals surface area contributed by atoms with Crippen LogP contribution in [0.4, 0.5) is 5.69 Å². The van der Waals surface area contributed by atoms with Gasteiger partial charge in [-0.1, -0.05) is 31.4 Å². The number of benzene rings is 1. The smallest absolute Gasteiger partial charge is 0.239 e. The Bertz CT molecular complexity index is 436. The highest BCUT2D eigenvalue weighted by Gasteiger charge is 2.15. The summed E-state index contributed by atoms with van der Waals surface area (Å²) in [6, 6.07) is 6.64.